The first-order valence-corrected chi connectivity index (χ1v) is 13.1. The van der Waals surface area contributed by atoms with Crippen LogP contribution in [0, 0.1) is 0 Å². The summed E-state index contributed by atoms with van der Waals surface area (Å²) in [5.41, 5.74) is -0.450. The van der Waals surface area contributed by atoms with Crippen molar-refractivity contribution < 1.29 is 43.8 Å². The first kappa shape index (κ1) is 28.9. The zero-order valence-electron chi connectivity index (χ0n) is 21.2. The summed E-state index contributed by atoms with van der Waals surface area (Å²) in [6.07, 6.45) is 2.93. The largest absolute Gasteiger partial charge is 0.504 e. The maximum Gasteiger partial charge on any atom is 0.336 e. The number of ether oxygens (including phenoxy) is 3. The number of esters is 1. The van der Waals surface area contributed by atoms with E-state index in [-0.39, 0.29) is 30.1 Å². The number of fused-ring (bicyclic) bond motifs is 1. The van der Waals surface area contributed by atoms with Crippen molar-refractivity contribution in [2.75, 3.05) is 6.61 Å². The van der Waals surface area contributed by atoms with Crippen LogP contribution in [0.15, 0.2) is 33.5 Å². The van der Waals surface area contributed by atoms with Crippen LogP contribution >= 0.6 is 0 Å². The van der Waals surface area contributed by atoms with E-state index in [1.165, 1.54) is 56.4 Å². The lowest BCUT2D eigenvalue weighted by atomic mass is 9.99. The SMILES string of the molecule is CCCCCCCCCCCC(=O)OCC1OC(Oc2cc3ccc(=O)oc3cc2O)C(O)C(O)C1O. The van der Waals surface area contributed by atoms with E-state index in [2.05, 4.69) is 6.92 Å². The molecule has 5 unspecified atom stereocenters. The Kier molecular flexibility index (Phi) is 11.2. The van der Waals surface area contributed by atoms with Crippen molar-refractivity contribution in [3.63, 3.8) is 0 Å². The molecule has 1 aromatic heterocycles. The number of phenols is 1. The summed E-state index contributed by atoms with van der Waals surface area (Å²) in [6, 6.07) is 5.23. The van der Waals surface area contributed by atoms with Gasteiger partial charge in [0.05, 0.1) is 0 Å². The minimum atomic E-state index is -1.65. The van der Waals surface area contributed by atoms with Gasteiger partial charge in [0, 0.05) is 23.9 Å². The smallest absolute Gasteiger partial charge is 0.336 e. The van der Waals surface area contributed by atoms with Crippen molar-refractivity contribution in [3.8, 4) is 11.5 Å². The molecule has 10 nitrogen and oxygen atoms in total. The van der Waals surface area contributed by atoms with Crippen LogP contribution in [0.1, 0.15) is 71.1 Å². The fraction of sp³-hybridized carbons (Fsp3) is 0.630. The van der Waals surface area contributed by atoms with E-state index in [1.807, 2.05) is 0 Å². The molecule has 10 heteroatoms. The average Bonchev–Trinajstić information content (AvgIpc) is 2.87. The van der Waals surface area contributed by atoms with Gasteiger partial charge in [0.1, 0.15) is 36.6 Å². The van der Waals surface area contributed by atoms with Gasteiger partial charge in [0.2, 0.25) is 6.29 Å². The summed E-state index contributed by atoms with van der Waals surface area (Å²) >= 11 is 0. The van der Waals surface area contributed by atoms with Crippen LogP contribution < -0.4 is 10.4 Å². The Morgan fingerprint density at radius 3 is 2.30 bits per heavy atom. The maximum atomic E-state index is 12.1. The van der Waals surface area contributed by atoms with Crippen molar-refractivity contribution >= 4 is 16.9 Å². The van der Waals surface area contributed by atoms with Crippen LogP contribution in [-0.4, -0.2) is 63.7 Å². The Hall–Kier alpha value is -2.66. The van der Waals surface area contributed by atoms with Crippen LogP contribution in [0.5, 0.6) is 11.5 Å². The summed E-state index contributed by atoms with van der Waals surface area (Å²) in [7, 11) is 0. The number of carbonyl (C=O) groups excluding carboxylic acids is 1. The molecule has 206 valence electrons. The van der Waals surface area contributed by atoms with E-state index in [0.29, 0.717) is 11.8 Å². The van der Waals surface area contributed by atoms with Gasteiger partial charge in [-0.1, -0.05) is 58.3 Å². The highest BCUT2D eigenvalue weighted by atomic mass is 16.7. The second-order valence-corrected chi connectivity index (χ2v) is 9.51. The molecular formula is C27H38O10. The second-order valence-electron chi connectivity index (χ2n) is 9.51. The zero-order chi connectivity index (χ0) is 26.8. The summed E-state index contributed by atoms with van der Waals surface area (Å²) in [5, 5.41) is 41.6. The number of rotatable bonds is 14. The minimum absolute atomic E-state index is 0.102. The van der Waals surface area contributed by atoms with Crippen LogP contribution in [-0.2, 0) is 14.3 Å². The molecule has 0 bridgehead atoms. The lowest BCUT2D eigenvalue weighted by Gasteiger charge is -2.39. The van der Waals surface area contributed by atoms with Gasteiger partial charge in [-0.2, -0.15) is 0 Å². The number of hydrogen-bond donors (Lipinski definition) is 4. The van der Waals surface area contributed by atoms with Crippen LogP contribution in [0.2, 0.25) is 0 Å². The molecule has 2 aromatic rings. The van der Waals surface area contributed by atoms with Crippen molar-refractivity contribution in [3.05, 3.63) is 34.7 Å². The molecule has 0 aliphatic carbocycles. The summed E-state index contributed by atoms with van der Waals surface area (Å²) in [4.78, 5) is 23.5. The van der Waals surface area contributed by atoms with Gasteiger partial charge >= 0.3 is 11.6 Å². The molecule has 1 aromatic carbocycles. The van der Waals surface area contributed by atoms with Gasteiger partial charge in [0.15, 0.2) is 11.5 Å². The molecule has 1 aliphatic rings. The third-order valence-corrected chi connectivity index (χ3v) is 6.51. The monoisotopic (exact) mass is 522 g/mol. The number of aliphatic hydroxyl groups excluding tert-OH is 3. The van der Waals surface area contributed by atoms with E-state index in [9.17, 15) is 30.0 Å². The van der Waals surface area contributed by atoms with E-state index in [4.69, 9.17) is 18.6 Å². The predicted octanol–water partition coefficient (Wildman–Crippen LogP) is 3.15. The van der Waals surface area contributed by atoms with Crippen LogP contribution in [0.4, 0.5) is 0 Å². The number of aliphatic hydroxyl groups is 3. The van der Waals surface area contributed by atoms with Crippen molar-refractivity contribution in [1.82, 2.24) is 0 Å². The van der Waals surface area contributed by atoms with E-state index >= 15 is 0 Å². The number of hydrogen-bond acceptors (Lipinski definition) is 10. The molecule has 0 amide bonds. The van der Waals surface area contributed by atoms with Crippen LogP contribution in [0.3, 0.4) is 0 Å². The molecule has 0 saturated carbocycles. The standard InChI is InChI=1S/C27H38O10/c1-2-3-4-5-6-7-8-9-10-11-22(29)34-16-21-24(31)25(32)26(33)27(37-21)36-20-14-17-12-13-23(30)35-19(17)15-18(20)28/h12-15,21,24-28,31-33H,2-11,16H2,1H3. The van der Waals surface area contributed by atoms with Crippen molar-refractivity contribution in [2.24, 2.45) is 0 Å². The highest BCUT2D eigenvalue weighted by molar-refractivity contribution is 5.80. The molecule has 2 heterocycles. The molecule has 0 spiro atoms. The summed E-state index contributed by atoms with van der Waals surface area (Å²) in [5.74, 6) is -0.928. The summed E-state index contributed by atoms with van der Waals surface area (Å²) in [6.45, 7) is 1.86. The van der Waals surface area contributed by atoms with E-state index in [0.717, 1.165) is 19.3 Å². The maximum absolute atomic E-state index is 12.1. The van der Waals surface area contributed by atoms with Gasteiger partial charge in [-0.3, -0.25) is 4.79 Å². The third-order valence-electron chi connectivity index (χ3n) is 6.51. The Morgan fingerprint density at radius 2 is 1.59 bits per heavy atom. The van der Waals surface area contributed by atoms with Gasteiger partial charge < -0.3 is 39.1 Å². The first-order valence-electron chi connectivity index (χ1n) is 13.1. The van der Waals surface area contributed by atoms with E-state index in [1.54, 1.807) is 0 Å². The number of phenolic OH excluding ortho intramolecular Hbond substituents is 1. The molecule has 3 rings (SSSR count). The molecule has 5 atom stereocenters. The van der Waals surface area contributed by atoms with Gasteiger partial charge in [-0.05, 0) is 18.6 Å². The second kappa shape index (κ2) is 14.3. The number of benzene rings is 1. The van der Waals surface area contributed by atoms with Gasteiger partial charge in [-0.25, -0.2) is 4.79 Å². The van der Waals surface area contributed by atoms with E-state index < -0.39 is 42.3 Å². The Morgan fingerprint density at radius 1 is 0.919 bits per heavy atom. The first-order chi connectivity index (χ1) is 17.8. The number of aromatic hydroxyl groups is 1. The van der Waals surface area contributed by atoms with Gasteiger partial charge in [0.25, 0.3) is 0 Å². The molecular weight excluding hydrogens is 484 g/mol. The molecule has 1 aliphatic heterocycles. The Bertz CT molecular complexity index is 1050. The van der Waals surface area contributed by atoms with Gasteiger partial charge in [-0.15, -0.1) is 0 Å². The highest BCUT2D eigenvalue weighted by Gasteiger charge is 2.45. The zero-order valence-corrected chi connectivity index (χ0v) is 21.2. The lowest BCUT2D eigenvalue weighted by Crippen LogP contribution is -2.60. The number of unbranched alkanes of at least 4 members (excludes halogenated alkanes) is 8. The molecule has 0 radical (unpaired) electrons. The van der Waals surface area contributed by atoms with Crippen LogP contribution in [0.25, 0.3) is 11.0 Å². The molecule has 4 N–H and O–H groups in total. The molecule has 1 fully saturated rings. The normalized spacial score (nSPS) is 23.7. The fourth-order valence-electron chi connectivity index (χ4n) is 4.28. The summed E-state index contributed by atoms with van der Waals surface area (Å²) < 4.78 is 21.4. The fourth-order valence-corrected chi connectivity index (χ4v) is 4.28. The molecule has 37 heavy (non-hydrogen) atoms. The number of carbonyl (C=O) groups is 1. The Labute approximate surface area is 215 Å². The minimum Gasteiger partial charge on any atom is -0.504 e. The topological polar surface area (TPSA) is 156 Å². The Balaban J connectivity index is 1.47. The average molecular weight is 523 g/mol. The highest BCUT2D eigenvalue weighted by Crippen LogP contribution is 2.34. The third kappa shape index (κ3) is 8.43. The lowest BCUT2D eigenvalue weighted by molar-refractivity contribution is -0.278. The predicted molar refractivity (Wildman–Crippen MR) is 134 cm³/mol. The van der Waals surface area contributed by atoms with Crippen molar-refractivity contribution in [1.29, 1.82) is 0 Å². The van der Waals surface area contributed by atoms with Crippen molar-refractivity contribution in [2.45, 2.75) is 102 Å². The quantitative estimate of drug-likeness (QED) is 0.165. The molecule has 1 saturated heterocycles.